The van der Waals surface area contributed by atoms with Gasteiger partial charge in [0.2, 0.25) is 0 Å². The van der Waals surface area contributed by atoms with Crippen LogP contribution in [0, 0.1) is 12.8 Å². The van der Waals surface area contributed by atoms with Gasteiger partial charge in [-0.2, -0.15) is 0 Å². The highest BCUT2D eigenvalue weighted by atomic mass is 15.2. The van der Waals surface area contributed by atoms with E-state index in [1.165, 1.54) is 72.8 Å². The van der Waals surface area contributed by atoms with Crippen LogP contribution in [-0.4, -0.2) is 6.54 Å². The van der Waals surface area contributed by atoms with Crippen LogP contribution in [0.5, 0.6) is 0 Å². The van der Waals surface area contributed by atoms with Gasteiger partial charge in [0.15, 0.2) is 0 Å². The summed E-state index contributed by atoms with van der Waals surface area (Å²) in [5.41, 5.74) is 16.8. The SMILES string of the molecule is Cc1ccc(N2c3ccccc3C3(c4cc(-c5ccccc5)ccc4N(CC4C=CC=C4)c4ccc(-c5ccccc5)cc43)c3ccccc32)cc1. The Kier molecular flexibility index (Phi) is 7.11. The number of allylic oxidation sites excluding steroid dienone is 2. The Hall–Kier alpha value is -6.38. The first-order chi connectivity index (χ1) is 25.7. The third kappa shape index (κ3) is 4.64. The molecule has 0 saturated carbocycles. The highest BCUT2D eigenvalue weighted by Crippen LogP contribution is 2.63. The molecule has 3 aliphatic rings. The third-order valence-corrected chi connectivity index (χ3v) is 11.2. The molecule has 2 aliphatic heterocycles. The molecule has 0 atom stereocenters. The standard InChI is InChI=1S/C50H38N2/c1-35-24-28-41(29-25-35)52-48-22-12-10-20-42(48)50(43-21-11-13-23-49(43)52)44-32-39(37-16-4-2-5-17-37)26-30-46(44)51(34-36-14-8-9-15-36)47-31-27-40(33-45(47)50)38-18-6-3-7-19-38/h2-33,36H,34H2,1H3. The summed E-state index contributed by atoms with van der Waals surface area (Å²) in [5, 5.41) is 0. The minimum atomic E-state index is -0.605. The molecular weight excluding hydrogens is 629 g/mol. The molecular formula is C50H38N2. The van der Waals surface area contributed by atoms with E-state index in [0.717, 1.165) is 12.2 Å². The van der Waals surface area contributed by atoms with E-state index in [-0.39, 0.29) is 0 Å². The summed E-state index contributed by atoms with van der Waals surface area (Å²) in [6.45, 7) is 3.02. The molecule has 2 heteroatoms. The van der Waals surface area contributed by atoms with Gasteiger partial charge in [0.1, 0.15) is 0 Å². The van der Waals surface area contributed by atoms with Crippen molar-refractivity contribution in [1.29, 1.82) is 0 Å². The number of fused-ring (bicyclic) bond motifs is 8. The monoisotopic (exact) mass is 666 g/mol. The van der Waals surface area contributed by atoms with Crippen molar-refractivity contribution in [1.82, 2.24) is 0 Å². The Balaban J connectivity index is 1.34. The number of nitrogens with zero attached hydrogens (tertiary/aromatic N) is 2. The van der Waals surface area contributed by atoms with Gasteiger partial charge in [-0.25, -0.2) is 0 Å². The first kappa shape index (κ1) is 30.4. The number of hydrogen-bond donors (Lipinski definition) is 0. The largest absolute Gasteiger partial charge is 0.340 e. The Labute approximate surface area is 306 Å². The van der Waals surface area contributed by atoms with E-state index in [0.29, 0.717) is 5.92 Å². The second kappa shape index (κ2) is 12.1. The van der Waals surface area contributed by atoms with Crippen molar-refractivity contribution in [2.24, 2.45) is 5.92 Å². The van der Waals surface area contributed by atoms with Crippen LogP contribution in [-0.2, 0) is 5.41 Å². The van der Waals surface area contributed by atoms with Crippen LogP contribution < -0.4 is 9.80 Å². The molecule has 2 nitrogen and oxygen atoms in total. The molecule has 0 fully saturated rings. The fourth-order valence-corrected chi connectivity index (χ4v) is 8.84. The molecule has 0 aromatic heterocycles. The zero-order chi connectivity index (χ0) is 34.6. The number of aryl methyl sites for hydroxylation is 1. The number of benzene rings is 7. The van der Waals surface area contributed by atoms with Crippen LogP contribution in [0.3, 0.4) is 0 Å². The van der Waals surface area contributed by atoms with Crippen molar-refractivity contribution in [3.8, 4) is 22.3 Å². The topological polar surface area (TPSA) is 6.48 Å². The van der Waals surface area contributed by atoms with Crippen LogP contribution >= 0.6 is 0 Å². The summed E-state index contributed by atoms with van der Waals surface area (Å²) in [4.78, 5) is 5.05. The maximum Gasteiger partial charge on any atom is 0.0783 e. The Bertz CT molecular complexity index is 2360. The molecule has 0 N–H and O–H groups in total. The van der Waals surface area contributed by atoms with Crippen molar-refractivity contribution in [2.45, 2.75) is 12.3 Å². The maximum absolute atomic E-state index is 2.59. The molecule has 7 aromatic rings. The zero-order valence-electron chi connectivity index (χ0n) is 29.2. The summed E-state index contributed by atoms with van der Waals surface area (Å²) in [7, 11) is 0. The molecule has 248 valence electrons. The van der Waals surface area contributed by atoms with Gasteiger partial charge in [0.25, 0.3) is 0 Å². The molecule has 1 spiro atoms. The average molecular weight is 667 g/mol. The number of anilines is 5. The predicted molar refractivity (Wildman–Crippen MR) is 217 cm³/mol. The summed E-state index contributed by atoms with van der Waals surface area (Å²) < 4.78 is 0. The van der Waals surface area contributed by atoms with E-state index in [9.17, 15) is 0 Å². The molecule has 0 amide bonds. The van der Waals surface area contributed by atoms with E-state index in [4.69, 9.17) is 0 Å². The highest BCUT2D eigenvalue weighted by Gasteiger charge is 2.52. The first-order valence-corrected chi connectivity index (χ1v) is 18.3. The first-order valence-electron chi connectivity index (χ1n) is 18.3. The predicted octanol–water partition coefficient (Wildman–Crippen LogP) is 12.7. The van der Waals surface area contributed by atoms with Gasteiger partial charge in [-0.15, -0.1) is 0 Å². The maximum atomic E-state index is 2.59. The lowest BCUT2D eigenvalue weighted by Crippen LogP contribution is -2.43. The zero-order valence-corrected chi connectivity index (χ0v) is 29.2. The van der Waals surface area contributed by atoms with Crippen LogP contribution in [0.2, 0.25) is 0 Å². The lowest BCUT2D eigenvalue weighted by atomic mass is 9.59. The van der Waals surface area contributed by atoms with E-state index in [2.05, 4.69) is 211 Å². The van der Waals surface area contributed by atoms with Crippen LogP contribution in [0.15, 0.2) is 194 Å². The summed E-state index contributed by atoms with van der Waals surface area (Å²) in [6, 6.07) is 63.2. The van der Waals surface area contributed by atoms with Gasteiger partial charge in [-0.05, 0) is 100.0 Å². The third-order valence-electron chi connectivity index (χ3n) is 11.2. The Morgan fingerprint density at radius 2 is 0.923 bits per heavy atom. The van der Waals surface area contributed by atoms with Crippen molar-refractivity contribution in [3.63, 3.8) is 0 Å². The van der Waals surface area contributed by atoms with Gasteiger partial charge >= 0.3 is 0 Å². The molecule has 2 heterocycles. The quantitative estimate of drug-likeness (QED) is 0.180. The molecule has 1 aliphatic carbocycles. The van der Waals surface area contributed by atoms with E-state index >= 15 is 0 Å². The van der Waals surface area contributed by atoms with Crippen LogP contribution in [0.1, 0.15) is 27.8 Å². The molecule has 0 bridgehead atoms. The Morgan fingerprint density at radius 3 is 1.44 bits per heavy atom. The summed E-state index contributed by atoms with van der Waals surface area (Å²) in [5.74, 6) is 0.320. The van der Waals surface area contributed by atoms with Crippen molar-refractivity contribution in [2.75, 3.05) is 16.3 Å². The molecule has 0 saturated heterocycles. The Morgan fingerprint density at radius 1 is 0.442 bits per heavy atom. The molecule has 10 rings (SSSR count). The lowest BCUT2D eigenvalue weighted by Gasteiger charge is -2.51. The highest BCUT2D eigenvalue weighted by molar-refractivity contribution is 5.95. The number of hydrogen-bond acceptors (Lipinski definition) is 2. The van der Waals surface area contributed by atoms with Crippen molar-refractivity contribution < 1.29 is 0 Å². The smallest absolute Gasteiger partial charge is 0.0783 e. The second-order valence-corrected chi connectivity index (χ2v) is 14.2. The van der Waals surface area contributed by atoms with Gasteiger partial charge in [-0.1, -0.05) is 151 Å². The average Bonchev–Trinajstić information content (AvgIpc) is 3.73. The minimum Gasteiger partial charge on any atom is -0.340 e. The molecule has 0 unspecified atom stereocenters. The van der Waals surface area contributed by atoms with Crippen molar-refractivity contribution >= 4 is 28.4 Å². The molecule has 0 radical (unpaired) electrons. The van der Waals surface area contributed by atoms with E-state index < -0.39 is 5.41 Å². The van der Waals surface area contributed by atoms with Gasteiger partial charge in [-0.3, -0.25) is 0 Å². The fourth-order valence-electron chi connectivity index (χ4n) is 8.84. The second-order valence-electron chi connectivity index (χ2n) is 14.2. The van der Waals surface area contributed by atoms with Gasteiger partial charge < -0.3 is 9.80 Å². The molecule has 52 heavy (non-hydrogen) atoms. The number of para-hydroxylation sites is 2. The van der Waals surface area contributed by atoms with Crippen LogP contribution in [0.4, 0.5) is 28.4 Å². The normalized spacial score (nSPS) is 14.9. The fraction of sp³-hybridized carbons (Fsp3) is 0.0800. The summed E-state index contributed by atoms with van der Waals surface area (Å²) >= 11 is 0. The lowest BCUT2D eigenvalue weighted by molar-refractivity contribution is 0.692. The van der Waals surface area contributed by atoms with Gasteiger partial charge in [0.05, 0.1) is 16.8 Å². The molecule has 7 aromatic carbocycles. The van der Waals surface area contributed by atoms with Crippen molar-refractivity contribution in [3.05, 3.63) is 222 Å². The summed E-state index contributed by atoms with van der Waals surface area (Å²) in [6.07, 6.45) is 9.01. The van der Waals surface area contributed by atoms with E-state index in [1.54, 1.807) is 0 Å². The van der Waals surface area contributed by atoms with Crippen LogP contribution in [0.25, 0.3) is 22.3 Å². The number of rotatable bonds is 5. The van der Waals surface area contributed by atoms with Gasteiger partial charge in [0, 0.05) is 29.5 Å². The van der Waals surface area contributed by atoms with E-state index in [1.807, 2.05) is 0 Å². The minimum absolute atomic E-state index is 0.320.